The summed E-state index contributed by atoms with van der Waals surface area (Å²) in [7, 11) is -1.57. The van der Waals surface area contributed by atoms with E-state index < -0.39 is 10.8 Å². The zero-order valence-electron chi connectivity index (χ0n) is 22.0. The quantitative estimate of drug-likeness (QED) is 0.267. The number of hydrogen-bond acceptors (Lipinski definition) is 3. The van der Waals surface area contributed by atoms with Crippen LogP contribution in [0, 0.1) is 5.92 Å². The highest BCUT2D eigenvalue weighted by Gasteiger charge is 2.32. The summed E-state index contributed by atoms with van der Waals surface area (Å²) in [6, 6.07) is 30.0. The predicted octanol–water partition coefficient (Wildman–Crippen LogP) is 6.76. The van der Waals surface area contributed by atoms with Crippen LogP contribution in [0.15, 0.2) is 107 Å². The molecule has 4 aromatic rings. The van der Waals surface area contributed by atoms with Gasteiger partial charge >= 0.3 is 0 Å². The molecular weight excluding hydrogens is 540 g/mol. The van der Waals surface area contributed by atoms with Crippen molar-refractivity contribution in [1.29, 1.82) is 0 Å². The monoisotopic (exact) mass is 568 g/mol. The Morgan fingerprint density at radius 3 is 2.27 bits per heavy atom. The average molecular weight is 569 g/mol. The number of anilines is 1. The maximum Gasteiger partial charge on any atom is 0.259 e. The molecule has 0 N–H and O–H groups in total. The van der Waals surface area contributed by atoms with Gasteiger partial charge in [0.1, 0.15) is 0 Å². The standard InChI is InChI=1S/C33H29ClN2O3S/c34-27-13-10-25(11-14-27)22-36-29-21-26(12-15-31(29)40(39)30-9-5-4-8-28(30)33(36)38)32(37)35-18-16-24(17-19-35)20-23-6-2-1-3-7-23/h1-15,21,24H,16-20,22H2/t40-/m0/s1. The van der Waals surface area contributed by atoms with E-state index in [4.69, 9.17) is 11.6 Å². The first-order valence-electron chi connectivity index (χ1n) is 13.5. The lowest BCUT2D eigenvalue weighted by Gasteiger charge is -2.32. The largest absolute Gasteiger partial charge is 0.339 e. The summed E-state index contributed by atoms with van der Waals surface area (Å²) in [5.41, 5.74) is 3.61. The molecule has 2 amide bonds. The van der Waals surface area contributed by atoms with Gasteiger partial charge in [0.25, 0.3) is 11.8 Å². The summed E-state index contributed by atoms with van der Waals surface area (Å²) in [5, 5.41) is 0.609. The van der Waals surface area contributed by atoms with Crippen LogP contribution in [0.3, 0.4) is 0 Å². The molecule has 0 saturated carbocycles. The van der Waals surface area contributed by atoms with Gasteiger partial charge in [-0.25, -0.2) is 4.21 Å². The number of amides is 2. The van der Waals surface area contributed by atoms with Gasteiger partial charge in [0, 0.05) is 23.7 Å². The number of benzene rings is 4. The Hall–Kier alpha value is -3.74. The molecule has 202 valence electrons. The number of likely N-dealkylation sites (tertiary alicyclic amines) is 1. The average Bonchev–Trinajstić information content (AvgIpc) is 3.08. The summed E-state index contributed by atoms with van der Waals surface area (Å²) in [6.07, 6.45) is 2.92. The molecule has 2 aliphatic heterocycles. The first kappa shape index (κ1) is 26.5. The van der Waals surface area contributed by atoms with Crippen molar-refractivity contribution in [2.75, 3.05) is 18.0 Å². The van der Waals surface area contributed by atoms with Gasteiger partial charge in [0.15, 0.2) is 0 Å². The van der Waals surface area contributed by atoms with E-state index in [1.807, 2.05) is 23.1 Å². The fraction of sp³-hybridized carbons (Fsp3) is 0.212. The maximum atomic E-state index is 13.9. The molecule has 0 spiro atoms. The molecule has 1 saturated heterocycles. The molecule has 0 unspecified atom stereocenters. The normalized spacial score (nSPS) is 17.2. The lowest BCUT2D eigenvalue weighted by atomic mass is 9.90. The van der Waals surface area contributed by atoms with Crippen molar-refractivity contribution in [1.82, 2.24) is 4.90 Å². The minimum Gasteiger partial charge on any atom is -0.339 e. The molecule has 0 aromatic heterocycles. The summed E-state index contributed by atoms with van der Waals surface area (Å²) in [5.74, 6) is 0.239. The lowest BCUT2D eigenvalue weighted by Crippen LogP contribution is -2.39. The van der Waals surface area contributed by atoms with E-state index in [1.165, 1.54) is 5.56 Å². The van der Waals surface area contributed by atoms with Gasteiger partial charge in [-0.15, -0.1) is 0 Å². The Labute approximate surface area is 241 Å². The highest BCUT2D eigenvalue weighted by molar-refractivity contribution is 7.85. The van der Waals surface area contributed by atoms with Crippen LogP contribution in [0.5, 0.6) is 0 Å². The van der Waals surface area contributed by atoms with E-state index in [0.717, 1.165) is 24.8 Å². The molecule has 1 atom stereocenters. The number of carbonyl (C=O) groups is 2. The summed E-state index contributed by atoms with van der Waals surface area (Å²) >= 11 is 6.09. The zero-order chi connectivity index (χ0) is 27.6. The number of nitrogens with zero attached hydrogens (tertiary/aromatic N) is 2. The molecule has 0 bridgehead atoms. The second kappa shape index (κ2) is 11.4. The van der Waals surface area contributed by atoms with Gasteiger partial charge in [-0.2, -0.15) is 0 Å². The second-order valence-electron chi connectivity index (χ2n) is 10.4. The maximum absolute atomic E-state index is 13.9. The Morgan fingerprint density at radius 2 is 1.52 bits per heavy atom. The minimum atomic E-state index is -1.57. The van der Waals surface area contributed by atoms with E-state index in [0.29, 0.717) is 50.6 Å². The third-order valence-electron chi connectivity index (χ3n) is 7.78. The Kier molecular flexibility index (Phi) is 7.55. The van der Waals surface area contributed by atoms with Gasteiger partial charge in [-0.1, -0.05) is 66.2 Å². The second-order valence-corrected chi connectivity index (χ2v) is 12.2. The van der Waals surface area contributed by atoms with Gasteiger partial charge in [0.05, 0.1) is 38.4 Å². The number of hydrogen-bond donors (Lipinski definition) is 0. The van der Waals surface area contributed by atoms with Crippen molar-refractivity contribution >= 4 is 39.9 Å². The molecule has 6 rings (SSSR count). The third-order valence-corrected chi connectivity index (χ3v) is 9.53. The first-order chi connectivity index (χ1) is 19.5. The van der Waals surface area contributed by atoms with Crippen LogP contribution in [-0.2, 0) is 23.8 Å². The highest BCUT2D eigenvalue weighted by Crippen LogP contribution is 2.36. The molecule has 5 nitrogen and oxygen atoms in total. The zero-order valence-corrected chi connectivity index (χ0v) is 23.5. The number of rotatable bonds is 5. The van der Waals surface area contributed by atoms with Gasteiger partial charge in [0.2, 0.25) is 0 Å². The van der Waals surface area contributed by atoms with Crippen molar-refractivity contribution in [2.24, 2.45) is 5.92 Å². The SMILES string of the molecule is O=C(c1ccc2c(c1)N(Cc1ccc(Cl)cc1)C(=O)c1ccccc1[S@@]2=O)N1CCC(Cc2ccccc2)CC1. The molecule has 2 heterocycles. The van der Waals surface area contributed by atoms with Crippen molar-refractivity contribution < 1.29 is 13.8 Å². The van der Waals surface area contributed by atoms with Crippen molar-refractivity contribution in [3.63, 3.8) is 0 Å². The topological polar surface area (TPSA) is 57.7 Å². The molecule has 7 heteroatoms. The summed E-state index contributed by atoms with van der Waals surface area (Å²) < 4.78 is 13.7. The molecule has 40 heavy (non-hydrogen) atoms. The van der Waals surface area contributed by atoms with E-state index in [2.05, 4.69) is 24.3 Å². The summed E-state index contributed by atoms with van der Waals surface area (Å²) in [4.78, 5) is 32.0. The fourth-order valence-electron chi connectivity index (χ4n) is 5.60. The molecule has 4 aromatic carbocycles. The number of halogens is 1. The third kappa shape index (κ3) is 5.34. The van der Waals surface area contributed by atoms with Crippen LogP contribution in [0.2, 0.25) is 5.02 Å². The van der Waals surface area contributed by atoms with Crippen LogP contribution in [0.25, 0.3) is 0 Å². The number of piperidine rings is 1. The van der Waals surface area contributed by atoms with Crippen LogP contribution < -0.4 is 4.90 Å². The predicted molar refractivity (Wildman–Crippen MR) is 158 cm³/mol. The van der Waals surface area contributed by atoms with E-state index >= 15 is 0 Å². The van der Waals surface area contributed by atoms with Crippen LogP contribution in [0.4, 0.5) is 5.69 Å². The smallest absolute Gasteiger partial charge is 0.259 e. The van der Waals surface area contributed by atoms with Crippen molar-refractivity contribution in [3.05, 3.63) is 124 Å². The molecule has 1 fully saturated rings. The van der Waals surface area contributed by atoms with E-state index in [-0.39, 0.29) is 18.4 Å². The van der Waals surface area contributed by atoms with Crippen LogP contribution in [-0.4, -0.2) is 34.0 Å². The Morgan fingerprint density at radius 1 is 0.825 bits per heavy atom. The lowest BCUT2D eigenvalue weighted by molar-refractivity contribution is 0.0690. The highest BCUT2D eigenvalue weighted by atomic mass is 35.5. The first-order valence-corrected chi connectivity index (χ1v) is 15.0. The van der Waals surface area contributed by atoms with Gasteiger partial charge in [-0.05, 0) is 78.8 Å². The molecular formula is C33H29ClN2O3S. The minimum absolute atomic E-state index is 0.0626. The van der Waals surface area contributed by atoms with Gasteiger partial charge < -0.3 is 9.80 Å². The summed E-state index contributed by atoms with van der Waals surface area (Å²) in [6.45, 7) is 1.65. The van der Waals surface area contributed by atoms with Gasteiger partial charge in [-0.3, -0.25) is 9.59 Å². The van der Waals surface area contributed by atoms with Crippen LogP contribution in [0.1, 0.15) is 44.7 Å². The van der Waals surface area contributed by atoms with E-state index in [9.17, 15) is 13.8 Å². The number of carbonyl (C=O) groups excluding carboxylic acids is 2. The Balaban J connectivity index is 1.28. The van der Waals surface area contributed by atoms with Crippen LogP contribution >= 0.6 is 11.6 Å². The number of fused-ring (bicyclic) bond motifs is 2. The molecule has 0 aliphatic carbocycles. The van der Waals surface area contributed by atoms with Crippen molar-refractivity contribution in [3.8, 4) is 0 Å². The van der Waals surface area contributed by atoms with Crippen molar-refractivity contribution in [2.45, 2.75) is 35.6 Å². The Bertz CT molecular complexity index is 1580. The molecule has 2 aliphatic rings. The van der Waals surface area contributed by atoms with E-state index in [1.54, 1.807) is 59.5 Å². The molecule has 0 radical (unpaired) electrons. The fourth-order valence-corrected chi connectivity index (χ4v) is 7.07.